The third-order valence-electron chi connectivity index (χ3n) is 5.50. The second-order valence-corrected chi connectivity index (χ2v) is 7.45. The number of rotatable bonds is 2. The van der Waals surface area contributed by atoms with Gasteiger partial charge >= 0.3 is 5.69 Å². The summed E-state index contributed by atoms with van der Waals surface area (Å²) in [5, 5.41) is 0.549. The molecule has 28 heavy (non-hydrogen) atoms. The van der Waals surface area contributed by atoms with E-state index in [1.165, 1.54) is 27.3 Å². The van der Waals surface area contributed by atoms with Crippen LogP contribution in [0.2, 0.25) is 0 Å². The van der Waals surface area contributed by atoms with Crippen molar-refractivity contribution in [3.63, 3.8) is 0 Å². The molecule has 0 fully saturated rings. The summed E-state index contributed by atoms with van der Waals surface area (Å²) in [4.78, 5) is 25.5. The van der Waals surface area contributed by atoms with Gasteiger partial charge in [0.2, 0.25) is 0 Å². The van der Waals surface area contributed by atoms with Crippen molar-refractivity contribution < 1.29 is 0 Å². The van der Waals surface area contributed by atoms with E-state index < -0.39 is 0 Å². The molecule has 0 N–H and O–H groups in total. The lowest BCUT2D eigenvalue weighted by Gasteiger charge is -2.12. The largest absolute Gasteiger partial charge is 0.330 e. The van der Waals surface area contributed by atoms with Crippen LogP contribution < -0.4 is 11.2 Å². The van der Waals surface area contributed by atoms with Crippen LogP contribution in [0.1, 0.15) is 16.7 Å². The molecule has 0 atom stereocenters. The van der Waals surface area contributed by atoms with Crippen LogP contribution in [0.25, 0.3) is 27.8 Å². The molecule has 5 nitrogen and oxygen atoms in total. The first-order valence-corrected chi connectivity index (χ1v) is 9.25. The van der Waals surface area contributed by atoms with Crippen molar-refractivity contribution in [1.29, 1.82) is 0 Å². The van der Waals surface area contributed by atoms with Crippen LogP contribution in [-0.4, -0.2) is 13.7 Å². The van der Waals surface area contributed by atoms with Gasteiger partial charge < -0.3 is 4.57 Å². The third-order valence-corrected chi connectivity index (χ3v) is 5.50. The lowest BCUT2D eigenvalue weighted by Crippen LogP contribution is -2.36. The first-order valence-electron chi connectivity index (χ1n) is 9.25. The Kier molecular flexibility index (Phi) is 4.11. The molecular weight excluding hydrogens is 350 g/mol. The first-order chi connectivity index (χ1) is 13.3. The zero-order valence-electron chi connectivity index (χ0n) is 16.8. The number of fused-ring (bicyclic) bond motifs is 1. The molecule has 0 bridgehead atoms. The molecule has 0 unspecified atom stereocenters. The number of aryl methyl sites for hydroxylation is 4. The molecule has 2 aromatic carbocycles. The van der Waals surface area contributed by atoms with Gasteiger partial charge in [0, 0.05) is 26.0 Å². The Morgan fingerprint density at radius 3 is 2.25 bits per heavy atom. The van der Waals surface area contributed by atoms with E-state index in [2.05, 4.69) is 32.0 Å². The summed E-state index contributed by atoms with van der Waals surface area (Å²) in [6.45, 7) is 6.18. The average molecular weight is 373 g/mol. The molecule has 0 radical (unpaired) electrons. The standard InChI is InChI=1S/C23H23N3O2/c1-14-7-6-8-17(11-14)21-20-19(24(4)23(28)25(5)22(20)27)13-26(21)18-10-9-15(2)16(3)12-18/h6-13H,1-5H3. The maximum absolute atomic E-state index is 13.1. The quantitative estimate of drug-likeness (QED) is 0.539. The zero-order chi connectivity index (χ0) is 20.2. The van der Waals surface area contributed by atoms with Gasteiger partial charge in [0.25, 0.3) is 5.56 Å². The summed E-state index contributed by atoms with van der Waals surface area (Å²) in [5.41, 5.74) is 6.23. The summed E-state index contributed by atoms with van der Waals surface area (Å²) in [7, 11) is 3.23. The van der Waals surface area contributed by atoms with Crippen molar-refractivity contribution in [1.82, 2.24) is 13.7 Å². The Morgan fingerprint density at radius 2 is 1.57 bits per heavy atom. The van der Waals surface area contributed by atoms with Crippen molar-refractivity contribution in [2.45, 2.75) is 20.8 Å². The molecule has 0 aliphatic carbocycles. The molecule has 0 amide bonds. The Hall–Kier alpha value is -3.34. The number of aromatic nitrogens is 3. The molecule has 5 heteroatoms. The van der Waals surface area contributed by atoms with Crippen LogP contribution in [0, 0.1) is 20.8 Å². The van der Waals surface area contributed by atoms with E-state index in [-0.39, 0.29) is 11.2 Å². The summed E-state index contributed by atoms with van der Waals surface area (Å²) >= 11 is 0. The zero-order valence-corrected chi connectivity index (χ0v) is 16.8. The second-order valence-electron chi connectivity index (χ2n) is 7.45. The predicted octanol–water partition coefficient (Wildman–Crippen LogP) is 3.62. The van der Waals surface area contributed by atoms with E-state index in [1.54, 1.807) is 7.05 Å². The van der Waals surface area contributed by atoms with Crippen molar-refractivity contribution in [3.8, 4) is 16.9 Å². The van der Waals surface area contributed by atoms with Gasteiger partial charge in [-0.25, -0.2) is 4.79 Å². The smallest absolute Gasteiger partial charge is 0.314 e. The minimum atomic E-state index is -0.328. The van der Waals surface area contributed by atoms with Gasteiger partial charge in [-0.1, -0.05) is 29.8 Å². The Balaban J connectivity index is 2.21. The minimum Gasteiger partial charge on any atom is -0.314 e. The molecule has 0 spiro atoms. The molecule has 0 aliphatic heterocycles. The molecule has 142 valence electrons. The van der Waals surface area contributed by atoms with E-state index in [0.29, 0.717) is 10.9 Å². The van der Waals surface area contributed by atoms with Crippen LogP contribution in [0.15, 0.2) is 58.3 Å². The number of hydrogen-bond acceptors (Lipinski definition) is 2. The Labute approximate surface area is 163 Å². The van der Waals surface area contributed by atoms with Crippen LogP contribution in [0.3, 0.4) is 0 Å². The summed E-state index contributed by atoms with van der Waals surface area (Å²) < 4.78 is 4.73. The molecule has 2 aromatic heterocycles. The second kappa shape index (κ2) is 6.37. The van der Waals surface area contributed by atoms with Gasteiger partial charge in [-0.2, -0.15) is 0 Å². The normalized spacial score (nSPS) is 11.3. The van der Waals surface area contributed by atoms with E-state index in [0.717, 1.165) is 22.5 Å². The molecule has 2 heterocycles. The predicted molar refractivity (Wildman–Crippen MR) is 113 cm³/mol. The van der Waals surface area contributed by atoms with Crippen molar-refractivity contribution >= 4 is 10.9 Å². The molecule has 0 saturated heterocycles. The fourth-order valence-electron chi connectivity index (χ4n) is 3.70. The third kappa shape index (κ3) is 2.62. The molecular formula is C23H23N3O2. The highest BCUT2D eigenvalue weighted by atomic mass is 16.2. The van der Waals surface area contributed by atoms with Crippen LogP contribution in [-0.2, 0) is 14.1 Å². The molecule has 0 saturated carbocycles. The fourth-order valence-corrected chi connectivity index (χ4v) is 3.70. The lowest BCUT2D eigenvalue weighted by molar-refractivity contribution is 0.714. The van der Waals surface area contributed by atoms with Gasteiger partial charge in [-0.3, -0.25) is 13.9 Å². The van der Waals surface area contributed by atoms with Gasteiger partial charge in [0.15, 0.2) is 0 Å². The highest BCUT2D eigenvalue weighted by Gasteiger charge is 2.20. The van der Waals surface area contributed by atoms with Gasteiger partial charge in [0.05, 0.1) is 16.6 Å². The highest BCUT2D eigenvalue weighted by Crippen LogP contribution is 2.31. The van der Waals surface area contributed by atoms with E-state index >= 15 is 0 Å². The fraction of sp³-hybridized carbons (Fsp3) is 0.217. The first kappa shape index (κ1) is 18.0. The molecule has 0 aliphatic rings. The van der Waals surface area contributed by atoms with Crippen molar-refractivity contribution in [3.05, 3.63) is 86.2 Å². The van der Waals surface area contributed by atoms with E-state index in [1.807, 2.05) is 42.0 Å². The Morgan fingerprint density at radius 1 is 0.821 bits per heavy atom. The Bertz CT molecular complexity index is 1350. The summed E-state index contributed by atoms with van der Waals surface area (Å²) in [6.07, 6.45) is 1.89. The maximum atomic E-state index is 13.1. The topological polar surface area (TPSA) is 48.9 Å². The number of nitrogens with zero attached hydrogens (tertiary/aromatic N) is 3. The van der Waals surface area contributed by atoms with Gasteiger partial charge in [-0.05, 0) is 55.7 Å². The number of benzene rings is 2. The molecule has 4 rings (SSSR count). The van der Waals surface area contributed by atoms with Crippen molar-refractivity contribution in [2.24, 2.45) is 14.1 Å². The van der Waals surface area contributed by atoms with Gasteiger partial charge in [-0.15, -0.1) is 0 Å². The van der Waals surface area contributed by atoms with Crippen LogP contribution >= 0.6 is 0 Å². The monoisotopic (exact) mass is 373 g/mol. The SMILES string of the molecule is Cc1cccc(-c2c3c(=O)n(C)c(=O)n(C)c3cn2-c2ccc(C)c(C)c2)c1. The number of hydrogen-bond donors (Lipinski definition) is 0. The summed E-state index contributed by atoms with van der Waals surface area (Å²) in [5.74, 6) is 0. The average Bonchev–Trinajstić information content (AvgIpc) is 3.07. The van der Waals surface area contributed by atoms with E-state index in [9.17, 15) is 9.59 Å². The summed E-state index contributed by atoms with van der Waals surface area (Å²) in [6, 6.07) is 14.3. The van der Waals surface area contributed by atoms with Crippen molar-refractivity contribution in [2.75, 3.05) is 0 Å². The highest BCUT2D eigenvalue weighted by molar-refractivity contribution is 5.94. The van der Waals surface area contributed by atoms with E-state index in [4.69, 9.17) is 0 Å². The lowest BCUT2D eigenvalue weighted by atomic mass is 10.1. The van der Waals surface area contributed by atoms with Crippen LogP contribution in [0.5, 0.6) is 0 Å². The molecule has 4 aromatic rings. The van der Waals surface area contributed by atoms with Gasteiger partial charge in [0.1, 0.15) is 0 Å². The maximum Gasteiger partial charge on any atom is 0.330 e. The minimum absolute atomic E-state index is 0.280. The van der Waals surface area contributed by atoms with Crippen LogP contribution in [0.4, 0.5) is 0 Å².